The number of ether oxygens (including phenoxy) is 1. The van der Waals surface area contributed by atoms with Crippen molar-refractivity contribution >= 4 is 22.5 Å². The zero-order valence-corrected chi connectivity index (χ0v) is 18.0. The van der Waals surface area contributed by atoms with Gasteiger partial charge in [0.05, 0.1) is 31.7 Å². The SMILES string of the molecule is CC[NH+](CC)CCn1c(O)c(N=NC(=O)[C@@H](C)Oc2ccccc2F)c2ccccc21. The highest BCUT2D eigenvalue weighted by Crippen LogP contribution is 2.38. The number of azo groups is 1. The quantitative estimate of drug-likeness (QED) is 0.513. The van der Waals surface area contributed by atoms with Crippen molar-refractivity contribution in [3.8, 4) is 11.6 Å². The Kier molecular flexibility index (Phi) is 7.36. The molecule has 0 saturated heterocycles. The van der Waals surface area contributed by atoms with Crippen molar-refractivity contribution in [2.75, 3.05) is 19.6 Å². The van der Waals surface area contributed by atoms with Crippen molar-refractivity contribution < 1.29 is 23.9 Å². The molecule has 0 spiro atoms. The van der Waals surface area contributed by atoms with Gasteiger partial charge in [-0.3, -0.25) is 4.79 Å². The van der Waals surface area contributed by atoms with Gasteiger partial charge in [0.2, 0.25) is 5.88 Å². The summed E-state index contributed by atoms with van der Waals surface area (Å²) < 4.78 is 20.9. The Morgan fingerprint density at radius 1 is 1.16 bits per heavy atom. The second kappa shape index (κ2) is 10.2. The summed E-state index contributed by atoms with van der Waals surface area (Å²) in [7, 11) is 0. The van der Waals surface area contributed by atoms with Crippen LogP contribution in [0.1, 0.15) is 20.8 Å². The number of hydrogen-bond donors (Lipinski definition) is 2. The lowest BCUT2D eigenvalue weighted by atomic mass is 10.2. The molecule has 164 valence electrons. The molecule has 0 saturated carbocycles. The molecule has 0 aliphatic heterocycles. The number of carbonyl (C=O) groups is 1. The smallest absolute Gasteiger partial charge is 0.304 e. The first-order chi connectivity index (χ1) is 15.0. The number of nitrogens with zero attached hydrogens (tertiary/aromatic N) is 3. The Bertz CT molecular complexity index is 1080. The van der Waals surface area contributed by atoms with E-state index in [9.17, 15) is 14.3 Å². The predicted octanol–water partition coefficient (Wildman–Crippen LogP) is 3.49. The van der Waals surface area contributed by atoms with E-state index in [0.29, 0.717) is 11.9 Å². The molecule has 0 unspecified atom stereocenters. The Balaban J connectivity index is 1.82. The fraction of sp³-hybridized carbons (Fsp3) is 0.348. The fourth-order valence-electron chi connectivity index (χ4n) is 3.43. The number of aromatic nitrogens is 1. The number of carbonyl (C=O) groups excluding carboxylic acids is 1. The number of benzene rings is 2. The largest absolute Gasteiger partial charge is 0.493 e. The van der Waals surface area contributed by atoms with Gasteiger partial charge in [-0.25, -0.2) is 4.39 Å². The van der Waals surface area contributed by atoms with Crippen LogP contribution in [0.4, 0.5) is 10.1 Å². The zero-order chi connectivity index (χ0) is 22.4. The lowest BCUT2D eigenvalue weighted by Crippen LogP contribution is -3.11. The number of aromatic hydroxyl groups is 1. The molecular weight excluding hydrogens is 399 g/mol. The van der Waals surface area contributed by atoms with E-state index >= 15 is 0 Å². The first-order valence-corrected chi connectivity index (χ1v) is 10.5. The van der Waals surface area contributed by atoms with E-state index in [1.54, 1.807) is 10.6 Å². The normalized spacial score (nSPS) is 12.7. The summed E-state index contributed by atoms with van der Waals surface area (Å²) in [6.45, 7) is 9.19. The molecule has 0 fully saturated rings. The molecule has 0 aliphatic carbocycles. The van der Waals surface area contributed by atoms with Crippen molar-refractivity contribution in [3.05, 3.63) is 54.3 Å². The van der Waals surface area contributed by atoms with Gasteiger partial charge in [0.1, 0.15) is 0 Å². The number of fused-ring (bicyclic) bond motifs is 1. The number of quaternary nitrogens is 1. The average Bonchev–Trinajstić information content (AvgIpc) is 3.05. The molecule has 1 heterocycles. The van der Waals surface area contributed by atoms with Crippen LogP contribution in [-0.2, 0) is 11.3 Å². The van der Waals surface area contributed by atoms with Crippen LogP contribution in [0.2, 0.25) is 0 Å². The second-order valence-electron chi connectivity index (χ2n) is 7.28. The van der Waals surface area contributed by atoms with Gasteiger partial charge in [0.15, 0.2) is 23.4 Å². The monoisotopic (exact) mass is 427 g/mol. The maximum absolute atomic E-state index is 13.7. The summed E-state index contributed by atoms with van der Waals surface area (Å²) in [5.74, 6) is -1.30. The number of amides is 1. The van der Waals surface area contributed by atoms with Gasteiger partial charge in [0, 0.05) is 5.39 Å². The van der Waals surface area contributed by atoms with Crippen LogP contribution in [-0.4, -0.2) is 41.3 Å². The highest BCUT2D eigenvalue weighted by atomic mass is 19.1. The molecule has 1 aromatic heterocycles. The molecular formula is C23H28FN4O3+. The fourth-order valence-corrected chi connectivity index (χ4v) is 3.43. The Morgan fingerprint density at radius 3 is 2.55 bits per heavy atom. The van der Waals surface area contributed by atoms with E-state index in [4.69, 9.17) is 4.74 Å². The van der Waals surface area contributed by atoms with Crippen LogP contribution in [0.5, 0.6) is 11.6 Å². The van der Waals surface area contributed by atoms with E-state index in [1.807, 2.05) is 24.3 Å². The van der Waals surface area contributed by atoms with Crippen LogP contribution in [0.15, 0.2) is 58.8 Å². The molecule has 7 nitrogen and oxygen atoms in total. The topological polar surface area (TPSA) is 80.6 Å². The molecule has 0 bridgehead atoms. The highest BCUT2D eigenvalue weighted by molar-refractivity contribution is 5.95. The number of rotatable bonds is 9. The van der Waals surface area contributed by atoms with Crippen molar-refractivity contribution in [1.82, 2.24) is 4.57 Å². The summed E-state index contributed by atoms with van der Waals surface area (Å²) in [5, 5.41) is 19.3. The summed E-state index contributed by atoms with van der Waals surface area (Å²) in [5.41, 5.74) is 1.06. The van der Waals surface area contributed by atoms with Gasteiger partial charge in [-0.15, -0.1) is 10.2 Å². The number of nitrogens with one attached hydrogen (secondary N) is 1. The lowest BCUT2D eigenvalue weighted by Gasteiger charge is -2.16. The maximum Gasteiger partial charge on any atom is 0.304 e. The zero-order valence-electron chi connectivity index (χ0n) is 18.0. The third kappa shape index (κ3) is 5.08. The van der Waals surface area contributed by atoms with Gasteiger partial charge < -0.3 is 19.3 Å². The Hall–Kier alpha value is -3.26. The van der Waals surface area contributed by atoms with E-state index in [2.05, 4.69) is 24.1 Å². The van der Waals surface area contributed by atoms with E-state index in [-0.39, 0.29) is 17.3 Å². The minimum Gasteiger partial charge on any atom is -0.493 e. The Labute approximate surface area is 180 Å². The molecule has 0 aliphatic rings. The van der Waals surface area contributed by atoms with E-state index in [0.717, 1.165) is 25.2 Å². The van der Waals surface area contributed by atoms with Crippen molar-refractivity contribution in [2.45, 2.75) is 33.4 Å². The van der Waals surface area contributed by atoms with Gasteiger partial charge in [-0.05, 0) is 39.0 Å². The van der Waals surface area contributed by atoms with Crippen molar-refractivity contribution in [2.24, 2.45) is 10.2 Å². The number of para-hydroxylation sites is 2. The van der Waals surface area contributed by atoms with Gasteiger partial charge in [-0.1, -0.05) is 30.3 Å². The molecule has 1 atom stereocenters. The first-order valence-electron chi connectivity index (χ1n) is 10.5. The van der Waals surface area contributed by atoms with Crippen LogP contribution < -0.4 is 9.64 Å². The first kappa shape index (κ1) is 22.4. The van der Waals surface area contributed by atoms with Crippen molar-refractivity contribution in [3.63, 3.8) is 0 Å². The Morgan fingerprint density at radius 2 is 1.84 bits per heavy atom. The van der Waals surface area contributed by atoms with Gasteiger partial charge in [0.25, 0.3) is 0 Å². The van der Waals surface area contributed by atoms with Gasteiger partial charge in [-0.2, -0.15) is 0 Å². The van der Waals surface area contributed by atoms with Crippen LogP contribution in [0.25, 0.3) is 10.9 Å². The number of halogens is 1. The lowest BCUT2D eigenvalue weighted by molar-refractivity contribution is -0.897. The number of likely N-dealkylation sites (N-methyl/N-ethyl adjacent to an activating group) is 1. The third-order valence-corrected chi connectivity index (χ3v) is 5.34. The maximum atomic E-state index is 13.7. The summed E-state index contributed by atoms with van der Waals surface area (Å²) in [6, 6.07) is 13.3. The van der Waals surface area contributed by atoms with Gasteiger partial charge >= 0.3 is 5.91 Å². The minimum absolute atomic E-state index is 0.0306. The summed E-state index contributed by atoms with van der Waals surface area (Å²) in [4.78, 5) is 13.8. The molecule has 31 heavy (non-hydrogen) atoms. The van der Waals surface area contributed by atoms with Crippen LogP contribution >= 0.6 is 0 Å². The third-order valence-electron chi connectivity index (χ3n) is 5.34. The minimum atomic E-state index is -1.03. The summed E-state index contributed by atoms with van der Waals surface area (Å²) in [6.07, 6.45) is -1.03. The summed E-state index contributed by atoms with van der Waals surface area (Å²) >= 11 is 0. The highest BCUT2D eigenvalue weighted by Gasteiger charge is 2.20. The molecule has 1 amide bonds. The molecule has 0 radical (unpaired) electrons. The molecule has 8 heteroatoms. The average molecular weight is 428 g/mol. The van der Waals surface area contributed by atoms with Crippen LogP contribution in [0, 0.1) is 5.82 Å². The predicted molar refractivity (Wildman–Crippen MR) is 117 cm³/mol. The van der Waals surface area contributed by atoms with Crippen molar-refractivity contribution in [1.29, 1.82) is 0 Å². The van der Waals surface area contributed by atoms with E-state index < -0.39 is 17.8 Å². The number of hydrogen-bond acceptors (Lipinski definition) is 4. The second-order valence-corrected chi connectivity index (χ2v) is 7.28. The van der Waals surface area contributed by atoms with Crippen LogP contribution in [0.3, 0.4) is 0 Å². The molecule has 2 aromatic carbocycles. The molecule has 3 aromatic rings. The molecule has 3 rings (SSSR count). The van der Waals surface area contributed by atoms with E-state index in [1.165, 1.54) is 30.0 Å². The standard InChI is InChI=1S/C23H27FN4O3/c1-4-27(5-2)14-15-28-19-12-8-6-10-17(19)21(23(28)30)25-26-22(29)16(3)31-20-13-9-7-11-18(20)24/h6-13,16,30H,4-5,14-15H2,1-3H3/p+1/t16-/m1/s1. The molecule has 2 N–H and O–H groups in total.